The molecule has 0 saturated heterocycles. The van der Waals surface area contributed by atoms with Crippen LogP contribution in [-0.4, -0.2) is 121 Å². The minimum Gasteiger partial charge on any atom is -0.477 e. The number of carboxylic acid groups (broad SMARTS) is 1. The van der Waals surface area contributed by atoms with E-state index in [9.17, 15) is 9.59 Å². The van der Waals surface area contributed by atoms with Crippen LogP contribution in [0.4, 0.5) is 11.4 Å². The van der Waals surface area contributed by atoms with E-state index < -0.39 is 5.97 Å². The van der Waals surface area contributed by atoms with Gasteiger partial charge in [-0.3, -0.25) is 14.8 Å². The number of aromatic carboxylic acids is 1. The Bertz CT molecular complexity index is 2760. The molecule has 0 spiro atoms. The molecule has 17 nitrogen and oxygen atoms in total. The maximum Gasteiger partial charge on any atom is 0.354 e. The standard InChI is InChI=1S/C22H23N7O.C18H13N5O2.C4H12N2/c1-28(2)9-8-25-22(30)19-4-3-5-21(27-19)29-20-11-15(6-7-16(20)13-26-29)17-10-18(23)14-24-12-17;19-14-6-13(8-20-10-14)11-4-5-12-9-21-23(16(12)7-11)17-3-1-2-15(22-17)18(24)25;1-6(2)4-3-5/h3-7,10-14H,8-9,23H2,1-2H3,(H,25,30);1-10H,19H2,(H,24,25);3-5H2,1-2H3. The maximum atomic E-state index is 12.4. The topological polar surface area (TPSA) is 238 Å². The van der Waals surface area contributed by atoms with Gasteiger partial charge in [0.05, 0.1) is 34.8 Å². The van der Waals surface area contributed by atoms with Gasteiger partial charge in [0.15, 0.2) is 17.3 Å². The molecule has 17 heteroatoms. The third-order valence-corrected chi connectivity index (χ3v) is 9.10. The van der Waals surface area contributed by atoms with Gasteiger partial charge in [0.1, 0.15) is 5.69 Å². The Hall–Kier alpha value is -7.60. The van der Waals surface area contributed by atoms with E-state index in [0.29, 0.717) is 35.2 Å². The molecule has 61 heavy (non-hydrogen) atoms. The number of anilines is 2. The van der Waals surface area contributed by atoms with Crippen LogP contribution in [0.25, 0.3) is 55.7 Å². The second-order valence-corrected chi connectivity index (χ2v) is 14.4. The van der Waals surface area contributed by atoms with Crippen molar-refractivity contribution in [3.63, 3.8) is 0 Å². The molecular formula is C44H48N14O3. The molecule has 312 valence electrons. The van der Waals surface area contributed by atoms with Crippen LogP contribution in [0.2, 0.25) is 0 Å². The monoisotopic (exact) mass is 820 g/mol. The van der Waals surface area contributed by atoms with Crippen LogP contribution < -0.4 is 22.5 Å². The quantitative estimate of drug-likeness (QED) is 0.120. The first-order valence-electron chi connectivity index (χ1n) is 19.2. The number of carbonyl (C=O) groups is 2. The number of pyridine rings is 4. The highest BCUT2D eigenvalue weighted by Gasteiger charge is 2.14. The van der Waals surface area contributed by atoms with Gasteiger partial charge in [-0.2, -0.15) is 10.2 Å². The highest BCUT2D eigenvalue weighted by Crippen LogP contribution is 2.28. The maximum absolute atomic E-state index is 12.4. The molecule has 2 aromatic carbocycles. The van der Waals surface area contributed by atoms with E-state index in [-0.39, 0.29) is 11.6 Å². The van der Waals surface area contributed by atoms with Crippen LogP contribution in [0.1, 0.15) is 21.0 Å². The number of amides is 1. The van der Waals surface area contributed by atoms with E-state index in [0.717, 1.165) is 63.7 Å². The van der Waals surface area contributed by atoms with E-state index >= 15 is 0 Å². The first-order valence-corrected chi connectivity index (χ1v) is 19.2. The molecule has 0 aliphatic heterocycles. The van der Waals surface area contributed by atoms with Gasteiger partial charge in [-0.15, -0.1) is 0 Å². The van der Waals surface area contributed by atoms with Gasteiger partial charge in [0, 0.05) is 72.9 Å². The zero-order valence-electron chi connectivity index (χ0n) is 34.3. The fourth-order valence-electron chi connectivity index (χ4n) is 6.06. The van der Waals surface area contributed by atoms with Crippen molar-refractivity contribution in [3.05, 3.63) is 133 Å². The highest BCUT2D eigenvalue weighted by molar-refractivity contribution is 5.93. The lowest BCUT2D eigenvalue weighted by molar-refractivity contribution is 0.0690. The number of nitrogens with two attached hydrogens (primary N) is 3. The minimum atomic E-state index is -1.08. The van der Waals surface area contributed by atoms with Crippen molar-refractivity contribution in [3.8, 4) is 33.9 Å². The van der Waals surface area contributed by atoms with Crippen LogP contribution in [0.5, 0.6) is 0 Å². The molecule has 8 aromatic rings. The highest BCUT2D eigenvalue weighted by atomic mass is 16.4. The Morgan fingerprint density at radius 2 is 1.11 bits per heavy atom. The summed E-state index contributed by atoms with van der Waals surface area (Å²) in [5.41, 5.74) is 23.8. The number of carboxylic acids is 1. The second kappa shape index (κ2) is 19.9. The fourth-order valence-corrected chi connectivity index (χ4v) is 6.06. The first kappa shape index (κ1) is 43.0. The number of nitrogens with zero attached hydrogens (tertiary/aromatic N) is 10. The summed E-state index contributed by atoms with van der Waals surface area (Å²) in [6.07, 6.45) is 10.2. The SMILES string of the molecule is CN(C)CCN.CN(C)CCNC(=O)c1cccc(-n2ncc3ccc(-c4cncc(N)c4)cc32)n1.Nc1cncc(-c2ccc3cnn(-c4cccc(C(=O)O)n4)c3c2)c1. The molecule has 1 amide bonds. The van der Waals surface area contributed by atoms with E-state index in [4.69, 9.17) is 22.3 Å². The average Bonchev–Trinajstić information content (AvgIpc) is 3.88. The summed E-state index contributed by atoms with van der Waals surface area (Å²) >= 11 is 0. The molecule has 0 atom stereocenters. The van der Waals surface area contributed by atoms with E-state index in [1.165, 1.54) is 6.07 Å². The summed E-state index contributed by atoms with van der Waals surface area (Å²) in [6.45, 7) is 3.06. The van der Waals surface area contributed by atoms with Crippen molar-refractivity contribution in [2.24, 2.45) is 5.73 Å². The summed E-state index contributed by atoms with van der Waals surface area (Å²) in [5.74, 6) is -0.266. The lowest BCUT2D eigenvalue weighted by Gasteiger charge is -2.11. The molecule has 0 unspecified atom stereocenters. The Morgan fingerprint density at radius 1 is 0.623 bits per heavy atom. The Labute approximate surface area is 352 Å². The number of fused-ring (bicyclic) bond motifs is 2. The third-order valence-electron chi connectivity index (χ3n) is 9.10. The fraction of sp³-hybridized carbons (Fsp3) is 0.182. The first-order chi connectivity index (χ1) is 29.4. The minimum absolute atomic E-state index is 0.0302. The van der Waals surface area contributed by atoms with Crippen molar-refractivity contribution >= 4 is 45.1 Å². The molecule has 0 aliphatic carbocycles. The van der Waals surface area contributed by atoms with Crippen molar-refractivity contribution < 1.29 is 14.7 Å². The molecule has 8 N–H and O–H groups in total. The lowest BCUT2D eigenvalue weighted by Crippen LogP contribution is -2.31. The van der Waals surface area contributed by atoms with Gasteiger partial charge in [-0.05, 0) is 87.8 Å². The summed E-state index contributed by atoms with van der Waals surface area (Å²) in [7, 11) is 7.93. The van der Waals surface area contributed by atoms with E-state index in [1.807, 2.05) is 93.8 Å². The second-order valence-electron chi connectivity index (χ2n) is 14.4. The van der Waals surface area contributed by atoms with Crippen molar-refractivity contribution in [1.29, 1.82) is 0 Å². The molecule has 0 aliphatic rings. The van der Waals surface area contributed by atoms with Gasteiger partial charge in [0.25, 0.3) is 5.91 Å². The number of likely N-dealkylation sites (N-methyl/N-ethyl adjacent to an activating group) is 2. The van der Waals surface area contributed by atoms with Crippen LogP contribution in [0.15, 0.2) is 122 Å². The number of aromatic nitrogens is 8. The number of hydrogen-bond acceptors (Lipinski definition) is 13. The number of nitrogen functional groups attached to an aromatic ring is 2. The van der Waals surface area contributed by atoms with Crippen LogP contribution in [0.3, 0.4) is 0 Å². The van der Waals surface area contributed by atoms with Crippen LogP contribution in [-0.2, 0) is 0 Å². The molecule has 6 aromatic heterocycles. The smallest absolute Gasteiger partial charge is 0.354 e. The number of rotatable bonds is 11. The van der Waals surface area contributed by atoms with Crippen molar-refractivity contribution in [2.45, 2.75) is 0 Å². The molecule has 0 saturated carbocycles. The number of hydrogen-bond donors (Lipinski definition) is 5. The number of carbonyl (C=O) groups excluding carboxylic acids is 1. The van der Waals surface area contributed by atoms with Gasteiger partial charge < -0.3 is 37.4 Å². The molecule has 8 rings (SSSR count). The van der Waals surface area contributed by atoms with Gasteiger partial charge in [-0.25, -0.2) is 24.1 Å². The Kier molecular flexibility index (Phi) is 14.0. The summed E-state index contributed by atoms with van der Waals surface area (Å²) in [4.78, 5) is 44.6. The average molecular weight is 821 g/mol. The molecular weight excluding hydrogens is 773 g/mol. The lowest BCUT2D eigenvalue weighted by atomic mass is 10.1. The van der Waals surface area contributed by atoms with E-state index in [2.05, 4.69) is 40.3 Å². The molecule has 0 radical (unpaired) electrons. The predicted octanol–water partition coefficient (Wildman–Crippen LogP) is 4.63. The van der Waals surface area contributed by atoms with Crippen LogP contribution >= 0.6 is 0 Å². The Balaban J connectivity index is 0.000000182. The zero-order valence-corrected chi connectivity index (χ0v) is 34.3. The predicted molar refractivity (Wildman–Crippen MR) is 238 cm³/mol. The van der Waals surface area contributed by atoms with Crippen LogP contribution in [0, 0.1) is 0 Å². The number of nitrogens with one attached hydrogen (secondary N) is 1. The van der Waals surface area contributed by atoms with Crippen molar-refractivity contribution in [2.75, 3.05) is 65.8 Å². The molecule has 0 fully saturated rings. The molecule has 6 heterocycles. The number of benzene rings is 2. The molecule has 0 bridgehead atoms. The largest absolute Gasteiger partial charge is 0.477 e. The van der Waals surface area contributed by atoms with Crippen molar-refractivity contribution in [1.82, 2.24) is 54.6 Å². The normalized spacial score (nSPS) is 10.9. The van der Waals surface area contributed by atoms with E-state index in [1.54, 1.807) is 64.7 Å². The third kappa shape index (κ3) is 11.1. The summed E-state index contributed by atoms with van der Waals surface area (Å²) in [6, 6.07) is 25.7. The van der Waals surface area contributed by atoms with Gasteiger partial charge in [0.2, 0.25) is 0 Å². The summed E-state index contributed by atoms with van der Waals surface area (Å²) < 4.78 is 3.35. The van der Waals surface area contributed by atoms with Gasteiger partial charge >= 0.3 is 5.97 Å². The van der Waals surface area contributed by atoms with Gasteiger partial charge in [-0.1, -0.05) is 36.4 Å². The Morgan fingerprint density at radius 3 is 1.56 bits per heavy atom. The zero-order chi connectivity index (χ0) is 43.5. The summed E-state index contributed by atoms with van der Waals surface area (Å²) in [5, 5.41) is 22.7.